The molecule has 1 aliphatic heterocycles. The van der Waals surface area contributed by atoms with Crippen LogP contribution in [0.25, 0.3) is 5.69 Å². The van der Waals surface area contributed by atoms with Crippen molar-refractivity contribution in [2.45, 2.75) is 38.1 Å². The average Bonchev–Trinajstić information content (AvgIpc) is 3.18. The molecule has 0 unspecified atom stereocenters. The van der Waals surface area contributed by atoms with Gasteiger partial charge in [-0.2, -0.15) is 5.10 Å². The molecule has 2 aromatic rings. The van der Waals surface area contributed by atoms with Gasteiger partial charge in [0.15, 0.2) is 0 Å². The van der Waals surface area contributed by atoms with Gasteiger partial charge in [-0.05, 0) is 25.0 Å². The standard InChI is InChI=1S/C15H16N4O/c20-15-12-9-19(18-14(12)8-17-15)11-5-6-13(16-7-11)10-3-1-2-4-10/h5-7,9-10H,1-4,8H2,(H,17,20). The zero-order chi connectivity index (χ0) is 13.5. The summed E-state index contributed by atoms with van der Waals surface area (Å²) in [6.45, 7) is 0.523. The Morgan fingerprint density at radius 3 is 2.80 bits per heavy atom. The predicted molar refractivity (Wildman–Crippen MR) is 73.7 cm³/mol. The van der Waals surface area contributed by atoms with E-state index in [0.29, 0.717) is 18.0 Å². The Labute approximate surface area is 117 Å². The largest absolute Gasteiger partial charge is 0.346 e. The molecular weight excluding hydrogens is 252 g/mol. The number of carbonyl (C=O) groups is 1. The number of fused-ring (bicyclic) bond motifs is 1. The number of pyridine rings is 1. The lowest BCUT2D eigenvalue weighted by Gasteiger charge is -2.09. The summed E-state index contributed by atoms with van der Waals surface area (Å²) < 4.78 is 1.74. The molecule has 5 heteroatoms. The molecule has 0 spiro atoms. The highest BCUT2D eigenvalue weighted by Gasteiger charge is 2.23. The Bertz CT molecular complexity index is 653. The molecule has 3 heterocycles. The van der Waals surface area contributed by atoms with Crippen LogP contribution in [0.5, 0.6) is 0 Å². The average molecular weight is 268 g/mol. The fourth-order valence-corrected chi connectivity index (χ4v) is 3.12. The SMILES string of the molecule is O=C1NCc2nn(-c3ccc(C4CCCC4)nc3)cc21. The second-order valence-corrected chi connectivity index (χ2v) is 5.54. The first-order valence-electron chi connectivity index (χ1n) is 7.14. The quantitative estimate of drug-likeness (QED) is 0.908. The number of nitrogens with zero attached hydrogens (tertiary/aromatic N) is 3. The van der Waals surface area contributed by atoms with Crippen LogP contribution in [0.4, 0.5) is 0 Å². The fourth-order valence-electron chi connectivity index (χ4n) is 3.12. The molecule has 0 saturated heterocycles. The number of amides is 1. The molecule has 1 N–H and O–H groups in total. The van der Waals surface area contributed by atoms with Crippen LogP contribution in [0.3, 0.4) is 0 Å². The van der Waals surface area contributed by atoms with Gasteiger partial charge in [0.2, 0.25) is 0 Å². The second-order valence-electron chi connectivity index (χ2n) is 5.54. The van der Waals surface area contributed by atoms with E-state index in [2.05, 4.69) is 21.5 Å². The zero-order valence-corrected chi connectivity index (χ0v) is 11.2. The van der Waals surface area contributed by atoms with Crippen LogP contribution in [0.2, 0.25) is 0 Å². The summed E-state index contributed by atoms with van der Waals surface area (Å²) >= 11 is 0. The van der Waals surface area contributed by atoms with E-state index >= 15 is 0 Å². The van der Waals surface area contributed by atoms with Gasteiger partial charge in [0.05, 0.1) is 29.7 Å². The molecule has 0 aromatic carbocycles. The summed E-state index contributed by atoms with van der Waals surface area (Å²) in [5.74, 6) is 0.583. The number of aromatic nitrogens is 3. The molecule has 2 aromatic heterocycles. The summed E-state index contributed by atoms with van der Waals surface area (Å²) in [6, 6.07) is 4.14. The lowest BCUT2D eigenvalue weighted by molar-refractivity contribution is 0.0965. The fraction of sp³-hybridized carbons (Fsp3) is 0.400. The van der Waals surface area contributed by atoms with Gasteiger partial charge in [0, 0.05) is 17.8 Å². The molecule has 1 saturated carbocycles. The molecule has 1 fully saturated rings. The predicted octanol–water partition coefficient (Wildman–Crippen LogP) is 2.17. The van der Waals surface area contributed by atoms with Gasteiger partial charge in [-0.15, -0.1) is 0 Å². The summed E-state index contributed by atoms with van der Waals surface area (Å²) in [5.41, 5.74) is 3.58. The Balaban J connectivity index is 1.62. The Kier molecular flexibility index (Phi) is 2.58. The first-order chi connectivity index (χ1) is 9.81. The molecule has 2 aliphatic rings. The van der Waals surface area contributed by atoms with Gasteiger partial charge in [0.25, 0.3) is 5.91 Å². The Morgan fingerprint density at radius 2 is 2.10 bits per heavy atom. The van der Waals surface area contributed by atoms with Crippen LogP contribution in [0, 0.1) is 0 Å². The van der Waals surface area contributed by atoms with Crippen LogP contribution in [0.15, 0.2) is 24.5 Å². The Morgan fingerprint density at radius 1 is 1.25 bits per heavy atom. The van der Waals surface area contributed by atoms with E-state index in [4.69, 9.17) is 0 Å². The highest BCUT2D eigenvalue weighted by atomic mass is 16.2. The van der Waals surface area contributed by atoms with Crippen LogP contribution in [-0.4, -0.2) is 20.7 Å². The molecule has 4 rings (SSSR count). The normalized spacial score (nSPS) is 18.3. The molecule has 0 atom stereocenters. The number of rotatable bonds is 2. The monoisotopic (exact) mass is 268 g/mol. The summed E-state index contributed by atoms with van der Waals surface area (Å²) in [6.07, 6.45) is 8.77. The van der Waals surface area contributed by atoms with Crippen molar-refractivity contribution in [1.29, 1.82) is 0 Å². The van der Waals surface area contributed by atoms with Crippen LogP contribution < -0.4 is 5.32 Å². The second kappa shape index (κ2) is 4.44. The minimum absolute atomic E-state index is 0.0400. The summed E-state index contributed by atoms with van der Waals surface area (Å²) in [4.78, 5) is 16.1. The van der Waals surface area contributed by atoms with E-state index in [0.717, 1.165) is 11.4 Å². The third-order valence-corrected chi connectivity index (χ3v) is 4.26. The van der Waals surface area contributed by atoms with Gasteiger partial charge < -0.3 is 5.32 Å². The topological polar surface area (TPSA) is 59.8 Å². The minimum Gasteiger partial charge on any atom is -0.346 e. The molecular formula is C15H16N4O. The van der Waals surface area contributed by atoms with Crippen LogP contribution in [-0.2, 0) is 6.54 Å². The van der Waals surface area contributed by atoms with E-state index in [1.165, 1.54) is 31.4 Å². The van der Waals surface area contributed by atoms with Crippen molar-refractivity contribution >= 4 is 5.91 Å². The van der Waals surface area contributed by atoms with Crippen molar-refractivity contribution < 1.29 is 4.79 Å². The van der Waals surface area contributed by atoms with Crippen molar-refractivity contribution in [1.82, 2.24) is 20.1 Å². The van der Waals surface area contributed by atoms with Gasteiger partial charge >= 0.3 is 0 Å². The molecule has 1 amide bonds. The lowest BCUT2D eigenvalue weighted by atomic mass is 10.0. The number of hydrogen-bond donors (Lipinski definition) is 1. The zero-order valence-electron chi connectivity index (χ0n) is 11.2. The van der Waals surface area contributed by atoms with E-state index in [-0.39, 0.29) is 5.91 Å². The number of carbonyl (C=O) groups excluding carboxylic acids is 1. The lowest BCUT2D eigenvalue weighted by Crippen LogP contribution is -2.14. The smallest absolute Gasteiger partial charge is 0.255 e. The maximum atomic E-state index is 11.6. The van der Waals surface area contributed by atoms with E-state index < -0.39 is 0 Å². The third kappa shape index (κ3) is 1.81. The first kappa shape index (κ1) is 11.6. The van der Waals surface area contributed by atoms with Crippen LogP contribution in [0.1, 0.15) is 53.3 Å². The van der Waals surface area contributed by atoms with Gasteiger partial charge in [-0.25, -0.2) is 4.68 Å². The van der Waals surface area contributed by atoms with Crippen molar-refractivity contribution in [3.05, 3.63) is 41.5 Å². The third-order valence-electron chi connectivity index (χ3n) is 4.26. The molecule has 5 nitrogen and oxygen atoms in total. The maximum Gasteiger partial charge on any atom is 0.255 e. The van der Waals surface area contributed by atoms with Gasteiger partial charge in [-0.3, -0.25) is 9.78 Å². The molecule has 20 heavy (non-hydrogen) atoms. The molecule has 1 aliphatic carbocycles. The summed E-state index contributed by atoms with van der Waals surface area (Å²) in [5, 5.41) is 7.19. The summed E-state index contributed by atoms with van der Waals surface area (Å²) in [7, 11) is 0. The first-order valence-corrected chi connectivity index (χ1v) is 7.14. The number of hydrogen-bond acceptors (Lipinski definition) is 3. The highest BCUT2D eigenvalue weighted by Crippen LogP contribution is 2.33. The highest BCUT2D eigenvalue weighted by molar-refractivity contribution is 5.97. The van der Waals surface area contributed by atoms with Crippen molar-refractivity contribution in [3.8, 4) is 5.69 Å². The molecule has 0 bridgehead atoms. The van der Waals surface area contributed by atoms with Gasteiger partial charge in [0.1, 0.15) is 0 Å². The van der Waals surface area contributed by atoms with Crippen molar-refractivity contribution in [2.24, 2.45) is 0 Å². The molecule has 0 radical (unpaired) electrons. The van der Waals surface area contributed by atoms with E-state index in [1.54, 1.807) is 10.9 Å². The van der Waals surface area contributed by atoms with Gasteiger partial charge in [-0.1, -0.05) is 12.8 Å². The van der Waals surface area contributed by atoms with Crippen LogP contribution >= 0.6 is 0 Å². The van der Waals surface area contributed by atoms with E-state index in [9.17, 15) is 4.79 Å². The minimum atomic E-state index is -0.0400. The molecule has 102 valence electrons. The van der Waals surface area contributed by atoms with Crippen molar-refractivity contribution in [3.63, 3.8) is 0 Å². The van der Waals surface area contributed by atoms with Crippen molar-refractivity contribution in [2.75, 3.05) is 0 Å². The van der Waals surface area contributed by atoms with E-state index in [1.807, 2.05) is 12.3 Å². The Hall–Kier alpha value is -2.17. The number of nitrogens with one attached hydrogen (secondary N) is 1. The maximum absolute atomic E-state index is 11.6.